The van der Waals surface area contributed by atoms with Gasteiger partial charge in [0.15, 0.2) is 0 Å². The highest BCUT2D eigenvalue weighted by atomic mass is 16.2. The average molecular weight is 261 g/mol. The molecular formula is C14H19N3O2. The number of amides is 2. The van der Waals surface area contributed by atoms with Gasteiger partial charge in [-0.25, -0.2) is 0 Å². The second-order valence-electron chi connectivity index (χ2n) is 4.49. The smallest absolute Gasteiger partial charge is 0.246 e. The summed E-state index contributed by atoms with van der Waals surface area (Å²) in [5, 5.41) is 0. The SMILES string of the molecule is CN(C)C(=O)CN(C)C(=O)/C=C/c1cccc(N)c1. The lowest BCUT2D eigenvalue weighted by atomic mass is 10.2. The quantitative estimate of drug-likeness (QED) is 0.645. The molecular weight excluding hydrogens is 242 g/mol. The molecule has 0 atom stereocenters. The molecule has 0 saturated heterocycles. The summed E-state index contributed by atoms with van der Waals surface area (Å²) >= 11 is 0. The van der Waals surface area contributed by atoms with Crippen LogP contribution in [0.15, 0.2) is 30.3 Å². The van der Waals surface area contributed by atoms with E-state index in [0.29, 0.717) is 5.69 Å². The second-order valence-corrected chi connectivity index (χ2v) is 4.49. The van der Waals surface area contributed by atoms with Crippen molar-refractivity contribution in [2.24, 2.45) is 0 Å². The zero-order valence-corrected chi connectivity index (χ0v) is 11.5. The summed E-state index contributed by atoms with van der Waals surface area (Å²) < 4.78 is 0. The average Bonchev–Trinajstić information content (AvgIpc) is 2.35. The minimum atomic E-state index is -0.224. The molecule has 0 unspecified atom stereocenters. The largest absolute Gasteiger partial charge is 0.399 e. The minimum absolute atomic E-state index is 0.0626. The van der Waals surface area contributed by atoms with Crippen LogP contribution in [0.3, 0.4) is 0 Å². The van der Waals surface area contributed by atoms with Gasteiger partial charge in [-0.15, -0.1) is 0 Å². The van der Waals surface area contributed by atoms with Crippen LogP contribution in [-0.4, -0.2) is 49.3 Å². The molecule has 5 nitrogen and oxygen atoms in total. The van der Waals surface area contributed by atoms with Crippen molar-refractivity contribution in [1.29, 1.82) is 0 Å². The molecule has 0 radical (unpaired) electrons. The molecule has 0 aliphatic carbocycles. The molecule has 0 fully saturated rings. The molecule has 102 valence electrons. The summed E-state index contributed by atoms with van der Waals surface area (Å²) in [5.41, 5.74) is 7.14. The zero-order valence-electron chi connectivity index (χ0n) is 11.5. The Morgan fingerprint density at radius 3 is 2.53 bits per heavy atom. The number of likely N-dealkylation sites (N-methyl/N-ethyl adjacent to an activating group) is 2. The van der Waals surface area contributed by atoms with Crippen LogP contribution in [0.4, 0.5) is 5.69 Å². The van der Waals surface area contributed by atoms with Crippen LogP contribution in [0, 0.1) is 0 Å². The van der Waals surface area contributed by atoms with Gasteiger partial charge in [0.2, 0.25) is 11.8 Å². The van der Waals surface area contributed by atoms with E-state index in [1.807, 2.05) is 12.1 Å². The third kappa shape index (κ3) is 4.83. The van der Waals surface area contributed by atoms with Gasteiger partial charge in [0.05, 0.1) is 6.54 Å². The first-order valence-electron chi connectivity index (χ1n) is 5.89. The van der Waals surface area contributed by atoms with Gasteiger partial charge in [-0.05, 0) is 23.8 Å². The van der Waals surface area contributed by atoms with Gasteiger partial charge in [-0.1, -0.05) is 12.1 Å². The number of hydrogen-bond donors (Lipinski definition) is 1. The fourth-order valence-electron chi connectivity index (χ4n) is 1.38. The van der Waals surface area contributed by atoms with E-state index in [9.17, 15) is 9.59 Å². The number of anilines is 1. The first kappa shape index (κ1) is 14.8. The molecule has 1 aromatic rings. The summed E-state index contributed by atoms with van der Waals surface area (Å²) in [7, 11) is 4.90. The second kappa shape index (κ2) is 6.58. The van der Waals surface area contributed by atoms with E-state index in [-0.39, 0.29) is 18.4 Å². The Morgan fingerprint density at radius 1 is 1.26 bits per heavy atom. The van der Waals surface area contributed by atoms with E-state index in [1.54, 1.807) is 39.4 Å². The van der Waals surface area contributed by atoms with E-state index in [4.69, 9.17) is 5.73 Å². The maximum atomic E-state index is 11.8. The summed E-state index contributed by atoms with van der Waals surface area (Å²) in [6.45, 7) is 0.0626. The molecule has 0 saturated carbocycles. The van der Waals surface area contributed by atoms with Gasteiger partial charge in [0.1, 0.15) is 0 Å². The number of carbonyl (C=O) groups is 2. The molecule has 2 N–H and O–H groups in total. The molecule has 0 aliphatic heterocycles. The number of carbonyl (C=O) groups excluding carboxylic acids is 2. The lowest BCUT2D eigenvalue weighted by Gasteiger charge is -2.17. The minimum Gasteiger partial charge on any atom is -0.399 e. The number of nitrogens with two attached hydrogens (primary N) is 1. The van der Waals surface area contributed by atoms with Crippen molar-refractivity contribution in [3.63, 3.8) is 0 Å². The van der Waals surface area contributed by atoms with E-state index in [1.165, 1.54) is 15.9 Å². The monoisotopic (exact) mass is 261 g/mol. The number of hydrogen-bond acceptors (Lipinski definition) is 3. The molecule has 2 amide bonds. The van der Waals surface area contributed by atoms with Gasteiger partial charge in [0.25, 0.3) is 0 Å². The Bertz CT molecular complexity index is 495. The highest BCUT2D eigenvalue weighted by Crippen LogP contribution is 2.08. The van der Waals surface area contributed by atoms with Gasteiger partial charge < -0.3 is 15.5 Å². The van der Waals surface area contributed by atoms with E-state index >= 15 is 0 Å². The van der Waals surface area contributed by atoms with Crippen molar-refractivity contribution < 1.29 is 9.59 Å². The standard InChI is InChI=1S/C14H19N3O2/c1-16(2)14(19)10-17(3)13(18)8-7-11-5-4-6-12(15)9-11/h4-9H,10,15H2,1-3H3/b8-7+. The van der Waals surface area contributed by atoms with Crippen LogP contribution in [0.2, 0.25) is 0 Å². The van der Waals surface area contributed by atoms with Crippen molar-refractivity contribution in [2.75, 3.05) is 33.4 Å². The van der Waals surface area contributed by atoms with Crippen LogP contribution in [0.5, 0.6) is 0 Å². The van der Waals surface area contributed by atoms with E-state index in [2.05, 4.69) is 0 Å². The molecule has 19 heavy (non-hydrogen) atoms. The van der Waals surface area contributed by atoms with Crippen molar-refractivity contribution >= 4 is 23.6 Å². The van der Waals surface area contributed by atoms with Gasteiger partial charge >= 0.3 is 0 Å². The molecule has 1 rings (SSSR count). The maximum absolute atomic E-state index is 11.8. The fourth-order valence-corrected chi connectivity index (χ4v) is 1.38. The normalized spacial score (nSPS) is 10.5. The van der Waals surface area contributed by atoms with Gasteiger partial charge in [-0.3, -0.25) is 9.59 Å². The molecule has 0 heterocycles. The number of nitrogen functional groups attached to an aromatic ring is 1. The van der Waals surface area contributed by atoms with Gasteiger partial charge in [-0.2, -0.15) is 0 Å². The Hall–Kier alpha value is -2.30. The first-order chi connectivity index (χ1) is 8.90. The topological polar surface area (TPSA) is 66.6 Å². The highest BCUT2D eigenvalue weighted by molar-refractivity contribution is 5.94. The van der Waals surface area contributed by atoms with Crippen molar-refractivity contribution in [3.8, 4) is 0 Å². The van der Waals surface area contributed by atoms with E-state index < -0.39 is 0 Å². The van der Waals surface area contributed by atoms with Crippen LogP contribution < -0.4 is 5.73 Å². The molecule has 0 spiro atoms. The Kier molecular flexibility index (Phi) is 5.11. The third-order valence-electron chi connectivity index (χ3n) is 2.58. The number of nitrogens with zero attached hydrogens (tertiary/aromatic N) is 2. The molecule has 0 bridgehead atoms. The summed E-state index contributed by atoms with van der Waals surface area (Å²) in [5.74, 6) is -0.342. The molecule has 0 aliphatic rings. The summed E-state index contributed by atoms with van der Waals surface area (Å²) in [4.78, 5) is 26.1. The number of benzene rings is 1. The lowest BCUT2D eigenvalue weighted by Crippen LogP contribution is -2.36. The van der Waals surface area contributed by atoms with Crippen LogP contribution >= 0.6 is 0 Å². The summed E-state index contributed by atoms with van der Waals surface area (Å²) in [6.07, 6.45) is 3.10. The Morgan fingerprint density at radius 2 is 1.95 bits per heavy atom. The fraction of sp³-hybridized carbons (Fsp3) is 0.286. The maximum Gasteiger partial charge on any atom is 0.246 e. The van der Waals surface area contributed by atoms with Crippen LogP contribution in [0.25, 0.3) is 6.08 Å². The van der Waals surface area contributed by atoms with E-state index in [0.717, 1.165) is 5.56 Å². The van der Waals surface area contributed by atoms with Crippen LogP contribution in [0.1, 0.15) is 5.56 Å². The summed E-state index contributed by atoms with van der Waals surface area (Å²) in [6, 6.07) is 7.22. The Balaban J connectivity index is 2.61. The molecule has 1 aromatic carbocycles. The van der Waals surface area contributed by atoms with Crippen molar-refractivity contribution in [3.05, 3.63) is 35.9 Å². The van der Waals surface area contributed by atoms with Crippen molar-refractivity contribution in [2.45, 2.75) is 0 Å². The first-order valence-corrected chi connectivity index (χ1v) is 5.89. The van der Waals surface area contributed by atoms with Crippen molar-refractivity contribution in [1.82, 2.24) is 9.80 Å². The predicted molar refractivity (Wildman–Crippen MR) is 76.2 cm³/mol. The molecule has 5 heteroatoms. The predicted octanol–water partition coefficient (Wildman–Crippen LogP) is 0.829. The van der Waals surface area contributed by atoms with Crippen LogP contribution in [-0.2, 0) is 9.59 Å². The highest BCUT2D eigenvalue weighted by Gasteiger charge is 2.11. The lowest BCUT2D eigenvalue weighted by molar-refractivity contribution is -0.135. The third-order valence-corrected chi connectivity index (χ3v) is 2.58. The number of rotatable bonds is 4. The zero-order chi connectivity index (χ0) is 14.4. The Labute approximate surface area is 113 Å². The molecule has 0 aromatic heterocycles. The van der Waals surface area contributed by atoms with Gasteiger partial charge in [0, 0.05) is 32.9 Å².